The van der Waals surface area contributed by atoms with E-state index in [4.69, 9.17) is 0 Å². The molecule has 4 nitrogen and oxygen atoms in total. The summed E-state index contributed by atoms with van der Waals surface area (Å²) in [5.41, 5.74) is 3.49. The standard InChI is InChI=1S/C20H18N2O2/c23-19(15-7-2-1-3-8-15)12-17-20(24)22-11-10-14-6-4-5-9-16(14)18(22)13-21-17/h1-9,12,18,21H,10-11,13H2/b17-12+/t18-/m0/s1. The Balaban J connectivity index is 1.60. The topological polar surface area (TPSA) is 49.4 Å². The SMILES string of the molecule is O=C(/C=C1/NC[C@H]2c3ccccc3CCN2C1=O)c1ccccc1. The second-order valence-corrected chi connectivity index (χ2v) is 6.13. The number of rotatable bonds is 2. The van der Waals surface area contributed by atoms with Crippen LogP contribution in [0.1, 0.15) is 27.5 Å². The lowest BCUT2D eigenvalue weighted by molar-refractivity contribution is -0.132. The van der Waals surface area contributed by atoms with E-state index in [-0.39, 0.29) is 17.7 Å². The molecule has 0 bridgehead atoms. The lowest BCUT2D eigenvalue weighted by Crippen LogP contribution is -2.51. The number of nitrogens with one attached hydrogen (secondary N) is 1. The maximum atomic E-state index is 12.8. The molecular formula is C20H18N2O2. The number of allylic oxidation sites excluding steroid dienone is 1. The van der Waals surface area contributed by atoms with Crippen LogP contribution in [0.15, 0.2) is 66.4 Å². The third kappa shape index (κ3) is 2.50. The zero-order valence-electron chi connectivity index (χ0n) is 13.2. The number of carbonyl (C=O) groups is 2. The van der Waals surface area contributed by atoms with Gasteiger partial charge in [0.2, 0.25) is 0 Å². The van der Waals surface area contributed by atoms with E-state index in [1.54, 1.807) is 12.1 Å². The molecule has 0 spiro atoms. The summed E-state index contributed by atoms with van der Waals surface area (Å²) in [6.07, 6.45) is 2.28. The van der Waals surface area contributed by atoms with Crippen molar-refractivity contribution in [3.05, 3.63) is 83.1 Å². The highest BCUT2D eigenvalue weighted by molar-refractivity contribution is 6.09. The highest BCUT2D eigenvalue weighted by Crippen LogP contribution is 2.32. The van der Waals surface area contributed by atoms with Crippen LogP contribution in [0.2, 0.25) is 0 Å². The molecule has 2 heterocycles. The molecule has 1 amide bonds. The van der Waals surface area contributed by atoms with Crippen LogP contribution < -0.4 is 5.32 Å². The van der Waals surface area contributed by atoms with Crippen molar-refractivity contribution in [1.29, 1.82) is 0 Å². The van der Waals surface area contributed by atoms with Crippen LogP contribution in [0.25, 0.3) is 0 Å². The molecule has 2 aliphatic rings. The Kier molecular flexibility index (Phi) is 3.65. The predicted molar refractivity (Wildman–Crippen MR) is 91.5 cm³/mol. The van der Waals surface area contributed by atoms with Gasteiger partial charge >= 0.3 is 0 Å². The lowest BCUT2D eigenvalue weighted by atomic mass is 9.90. The molecular weight excluding hydrogens is 300 g/mol. The first-order chi connectivity index (χ1) is 11.7. The molecule has 2 aromatic carbocycles. The number of carbonyl (C=O) groups excluding carboxylic acids is 2. The van der Waals surface area contributed by atoms with E-state index in [1.807, 2.05) is 35.2 Å². The Morgan fingerprint density at radius 2 is 1.83 bits per heavy atom. The molecule has 2 aromatic rings. The van der Waals surface area contributed by atoms with Crippen LogP contribution in [-0.2, 0) is 11.2 Å². The molecule has 1 N–H and O–H groups in total. The minimum absolute atomic E-state index is 0.0476. The minimum Gasteiger partial charge on any atom is -0.378 e. The monoisotopic (exact) mass is 318 g/mol. The van der Waals surface area contributed by atoms with Gasteiger partial charge < -0.3 is 10.2 Å². The number of ketones is 1. The highest BCUT2D eigenvalue weighted by atomic mass is 16.2. The van der Waals surface area contributed by atoms with Crippen molar-refractivity contribution in [3.8, 4) is 0 Å². The summed E-state index contributed by atoms with van der Waals surface area (Å²) in [5, 5.41) is 3.16. The van der Waals surface area contributed by atoms with Crippen molar-refractivity contribution in [2.45, 2.75) is 12.5 Å². The number of nitrogens with zero attached hydrogens (tertiary/aromatic N) is 1. The zero-order valence-corrected chi connectivity index (χ0v) is 13.2. The second-order valence-electron chi connectivity index (χ2n) is 6.13. The van der Waals surface area contributed by atoms with Crippen LogP contribution in [-0.4, -0.2) is 29.7 Å². The van der Waals surface area contributed by atoms with Crippen molar-refractivity contribution >= 4 is 11.7 Å². The van der Waals surface area contributed by atoms with Crippen LogP contribution in [0.4, 0.5) is 0 Å². The smallest absolute Gasteiger partial charge is 0.270 e. The average molecular weight is 318 g/mol. The van der Waals surface area contributed by atoms with Gasteiger partial charge in [-0.1, -0.05) is 54.6 Å². The van der Waals surface area contributed by atoms with Crippen LogP contribution in [0, 0.1) is 0 Å². The first-order valence-electron chi connectivity index (χ1n) is 8.18. The van der Waals surface area contributed by atoms with Gasteiger partial charge in [0.25, 0.3) is 5.91 Å². The van der Waals surface area contributed by atoms with Crippen molar-refractivity contribution in [1.82, 2.24) is 10.2 Å². The van der Waals surface area contributed by atoms with Gasteiger partial charge in [0, 0.05) is 24.7 Å². The van der Waals surface area contributed by atoms with Crippen molar-refractivity contribution in [2.24, 2.45) is 0 Å². The van der Waals surface area contributed by atoms with E-state index in [0.29, 0.717) is 24.4 Å². The third-order valence-corrected chi connectivity index (χ3v) is 4.72. The molecule has 0 aliphatic carbocycles. The maximum Gasteiger partial charge on any atom is 0.270 e. The summed E-state index contributed by atoms with van der Waals surface area (Å²) in [4.78, 5) is 27.0. The van der Waals surface area contributed by atoms with E-state index in [0.717, 1.165) is 6.42 Å². The number of hydrogen-bond donors (Lipinski definition) is 1. The Morgan fingerprint density at radius 3 is 2.67 bits per heavy atom. The summed E-state index contributed by atoms with van der Waals surface area (Å²) in [6, 6.07) is 17.3. The number of piperazine rings is 1. The molecule has 24 heavy (non-hydrogen) atoms. The van der Waals surface area contributed by atoms with Gasteiger partial charge in [-0.05, 0) is 17.5 Å². The fourth-order valence-corrected chi connectivity index (χ4v) is 3.48. The Hall–Kier alpha value is -2.88. The fraction of sp³-hybridized carbons (Fsp3) is 0.200. The minimum atomic E-state index is -0.151. The van der Waals surface area contributed by atoms with Crippen molar-refractivity contribution < 1.29 is 9.59 Å². The predicted octanol–water partition coefficient (Wildman–Crippen LogP) is 2.48. The Labute approximate surface area is 140 Å². The normalized spacial score (nSPS) is 21.0. The fourth-order valence-electron chi connectivity index (χ4n) is 3.48. The number of hydrogen-bond acceptors (Lipinski definition) is 3. The Morgan fingerprint density at radius 1 is 1.08 bits per heavy atom. The van der Waals surface area contributed by atoms with Gasteiger partial charge in [-0.15, -0.1) is 0 Å². The van der Waals surface area contributed by atoms with Crippen LogP contribution in [0.5, 0.6) is 0 Å². The van der Waals surface area contributed by atoms with Gasteiger partial charge in [0.05, 0.1) is 6.04 Å². The largest absolute Gasteiger partial charge is 0.378 e. The average Bonchev–Trinajstić information content (AvgIpc) is 2.64. The highest BCUT2D eigenvalue weighted by Gasteiger charge is 2.36. The van der Waals surface area contributed by atoms with E-state index in [2.05, 4.69) is 17.4 Å². The van der Waals surface area contributed by atoms with E-state index < -0.39 is 0 Å². The summed E-state index contributed by atoms with van der Waals surface area (Å²) in [5.74, 6) is -0.243. The quantitative estimate of drug-likeness (QED) is 0.684. The van der Waals surface area contributed by atoms with E-state index >= 15 is 0 Å². The number of amides is 1. The molecule has 0 saturated carbocycles. The first kappa shape index (κ1) is 14.7. The molecule has 4 rings (SSSR count). The molecule has 0 radical (unpaired) electrons. The van der Waals surface area contributed by atoms with Gasteiger partial charge in [-0.3, -0.25) is 9.59 Å². The first-order valence-corrected chi connectivity index (χ1v) is 8.18. The van der Waals surface area contributed by atoms with Gasteiger partial charge in [-0.2, -0.15) is 0 Å². The molecule has 1 atom stereocenters. The van der Waals surface area contributed by atoms with E-state index in [1.165, 1.54) is 17.2 Å². The van der Waals surface area contributed by atoms with E-state index in [9.17, 15) is 9.59 Å². The summed E-state index contributed by atoms with van der Waals surface area (Å²) < 4.78 is 0. The number of benzene rings is 2. The zero-order chi connectivity index (χ0) is 16.5. The third-order valence-electron chi connectivity index (χ3n) is 4.72. The summed E-state index contributed by atoms with van der Waals surface area (Å²) in [7, 11) is 0. The number of fused-ring (bicyclic) bond motifs is 3. The molecule has 1 saturated heterocycles. The van der Waals surface area contributed by atoms with Crippen molar-refractivity contribution in [2.75, 3.05) is 13.1 Å². The molecule has 0 aromatic heterocycles. The van der Waals surface area contributed by atoms with Gasteiger partial charge in [0.15, 0.2) is 5.78 Å². The summed E-state index contributed by atoms with van der Waals surface area (Å²) in [6.45, 7) is 1.33. The molecule has 120 valence electrons. The van der Waals surface area contributed by atoms with Crippen molar-refractivity contribution in [3.63, 3.8) is 0 Å². The maximum absolute atomic E-state index is 12.8. The summed E-state index contributed by atoms with van der Waals surface area (Å²) >= 11 is 0. The molecule has 2 aliphatic heterocycles. The second kappa shape index (κ2) is 5.96. The molecule has 0 unspecified atom stereocenters. The molecule has 1 fully saturated rings. The lowest BCUT2D eigenvalue weighted by Gasteiger charge is -2.41. The van der Waals surface area contributed by atoms with Gasteiger partial charge in [0.1, 0.15) is 5.70 Å². The molecule has 4 heteroatoms. The van der Waals surface area contributed by atoms with Gasteiger partial charge in [-0.25, -0.2) is 0 Å². The Bertz CT molecular complexity index is 827. The van der Waals surface area contributed by atoms with Crippen LogP contribution in [0.3, 0.4) is 0 Å². The van der Waals surface area contributed by atoms with Crippen LogP contribution >= 0.6 is 0 Å².